The van der Waals surface area contributed by atoms with Crippen molar-refractivity contribution in [1.29, 1.82) is 0 Å². The van der Waals surface area contributed by atoms with E-state index in [9.17, 15) is 14.4 Å². The highest BCUT2D eigenvalue weighted by molar-refractivity contribution is 6.35. The molecule has 1 aliphatic heterocycles. The number of ether oxygens (including phenoxy) is 2. The summed E-state index contributed by atoms with van der Waals surface area (Å²) < 4.78 is 9.74. The molecule has 0 radical (unpaired) electrons. The van der Waals surface area contributed by atoms with Crippen molar-refractivity contribution in [2.45, 2.75) is 19.8 Å². The van der Waals surface area contributed by atoms with Crippen LogP contribution in [0.4, 0.5) is 0 Å². The maximum atomic E-state index is 11.9. The van der Waals surface area contributed by atoms with Gasteiger partial charge < -0.3 is 19.7 Å². The third-order valence-corrected chi connectivity index (χ3v) is 3.19. The maximum absolute atomic E-state index is 11.9. The summed E-state index contributed by atoms with van der Waals surface area (Å²) in [5.74, 6) is -1.57. The summed E-state index contributed by atoms with van der Waals surface area (Å²) in [7, 11) is 1.52. The molecule has 2 amide bonds. The molecule has 1 rings (SSSR count). The molecule has 0 aromatic carbocycles. The van der Waals surface area contributed by atoms with E-state index in [-0.39, 0.29) is 11.9 Å². The first-order valence-electron chi connectivity index (χ1n) is 6.82. The molecule has 1 aliphatic rings. The van der Waals surface area contributed by atoms with Gasteiger partial charge in [0.05, 0.1) is 19.1 Å². The van der Waals surface area contributed by atoms with E-state index in [2.05, 4.69) is 5.32 Å². The monoisotopic (exact) mass is 286 g/mol. The Hall–Kier alpha value is -1.63. The van der Waals surface area contributed by atoms with Gasteiger partial charge >= 0.3 is 17.8 Å². The minimum atomic E-state index is -0.628. The van der Waals surface area contributed by atoms with E-state index < -0.39 is 11.8 Å². The van der Waals surface area contributed by atoms with Gasteiger partial charge in [-0.1, -0.05) is 0 Å². The van der Waals surface area contributed by atoms with Gasteiger partial charge in [-0.15, -0.1) is 0 Å². The lowest BCUT2D eigenvalue weighted by atomic mass is 9.97. The molecule has 0 atom stereocenters. The molecule has 0 spiro atoms. The summed E-state index contributed by atoms with van der Waals surface area (Å²) in [6, 6.07) is 0. The highest BCUT2D eigenvalue weighted by Crippen LogP contribution is 2.18. The quantitative estimate of drug-likeness (QED) is 0.420. The number of hydrogen-bond donors (Lipinski definition) is 1. The fourth-order valence-corrected chi connectivity index (χ4v) is 2.06. The molecule has 0 unspecified atom stereocenters. The molecule has 1 fully saturated rings. The molecule has 1 N–H and O–H groups in total. The Morgan fingerprint density at radius 3 is 2.45 bits per heavy atom. The van der Waals surface area contributed by atoms with Gasteiger partial charge in [0.2, 0.25) is 0 Å². The topological polar surface area (TPSA) is 84.9 Å². The van der Waals surface area contributed by atoms with E-state index in [0.29, 0.717) is 45.7 Å². The molecule has 1 heterocycles. The number of piperidine rings is 1. The zero-order chi connectivity index (χ0) is 15.0. The van der Waals surface area contributed by atoms with Gasteiger partial charge in [-0.25, -0.2) is 0 Å². The van der Waals surface area contributed by atoms with E-state index in [1.165, 1.54) is 12.0 Å². The van der Waals surface area contributed by atoms with Gasteiger partial charge in [0, 0.05) is 26.7 Å². The predicted molar refractivity (Wildman–Crippen MR) is 70.8 cm³/mol. The molecule has 7 nitrogen and oxygen atoms in total. The van der Waals surface area contributed by atoms with Gasteiger partial charge in [0.15, 0.2) is 0 Å². The summed E-state index contributed by atoms with van der Waals surface area (Å²) in [5, 5.41) is 2.49. The lowest BCUT2D eigenvalue weighted by Crippen LogP contribution is -2.47. The Kier molecular flexibility index (Phi) is 7.00. The van der Waals surface area contributed by atoms with E-state index in [4.69, 9.17) is 9.47 Å². The first-order valence-corrected chi connectivity index (χ1v) is 6.82. The molecular formula is C13H22N2O5. The zero-order valence-electron chi connectivity index (χ0n) is 12.0. The van der Waals surface area contributed by atoms with Crippen molar-refractivity contribution in [2.75, 3.05) is 40.0 Å². The van der Waals surface area contributed by atoms with Crippen molar-refractivity contribution >= 4 is 17.8 Å². The van der Waals surface area contributed by atoms with Crippen molar-refractivity contribution in [1.82, 2.24) is 10.2 Å². The maximum Gasteiger partial charge on any atom is 0.311 e. The van der Waals surface area contributed by atoms with Crippen molar-refractivity contribution in [2.24, 2.45) is 5.92 Å². The molecule has 20 heavy (non-hydrogen) atoms. The third-order valence-electron chi connectivity index (χ3n) is 3.19. The lowest BCUT2D eigenvalue weighted by molar-refractivity contribution is -0.152. The number of amides is 2. The molecule has 0 aliphatic carbocycles. The van der Waals surface area contributed by atoms with Crippen LogP contribution in [0, 0.1) is 5.92 Å². The Morgan fingerprint density at radius 2 is 1.90 bits per heavy atom. The highest BCUT2D eigenvalue weighted by Gasteiger charge is 2.30. The second-order valence-corrected chi connectivity index (χ2v) is 4.57. The van der Waals surface area contributed by atoms with Crippen molar-refractivity contribution in [3.63, 3.8) is 0 Å². The molecule has 0 aromatic heterocycles. The van der Waals surface area contributed by atoms with Crippen LogP contribution in [-0.4, -0.2) is 62.6 Å². The number of nitrogens with one attached hydrogen (secondary N) is 1. The fraction of sp³-hybridized carbons (Fsp3) is 0.769. The number of rotatable bonds is 5. The van der Waals surface area contributed by atoms with Crippen LogP contribution < -0.4 is 5.32 Å². The van der Waals surface area contributed by atoms with E-state index in [0.717, 1.165) is 0 Å². The van der Waals surface area contributed by atoms with Crippen LogP contribution >= 0.6 is 0 Å². The Labute approximate surface area is 118 Å². The van der Waals surface area contributed by atoms with Gasteiger partial charge in [-0.3, -0.25) is 14.4 Å². The average Bonchev–Trinajstić information content (AvgIpc) is 2.47. The van der Waals surface area contributed by atoms with Crippen molar-refractivity contribution in [3.8, 4) is 0 Å². The van der Waals surface area contributed by atoms with E-state index in [1.54, 1.807) is 6.92 Å². The number of hydrogen-bond acceptors (Lipinski definition) is 5. The molecule has 0 saturated carbocycles. The fourth-order valence-electron chi connectivity index (χ4n) is 2.06. The second-order valence-electron chi connectivity index (χ2n) is 4.57. The van der Waals surface area contributed by atoms with Crippen molar-refractivity contribution in [3.05, 3.63) is 0 Å². The number of esters is 1. The first-order chi connectivity index (χ1) is 9.60. The van der Waals surface area contributed by atoms with Crippen LogP contribution in [0.3, 0.4) is 0 Å². The summed E-state index contributed by atoms with van der Waals surface area (Å²) in [6.45, 7) is 3.60. The first kappa shape index (κ1) is 16.4. The lowest BCUT2D eigenvalue weighted by Gasteiger charge is -2.30. The number of carbonyl (C=O) groups excluding carboxylic acids is 3. The standard InChI is InChI=1S/C13H22N2O5/c1-3-20-13(18)10-4-7-15(8-5-10)12(17)11(16)14-6-9-19-2/h10H,3-9H2,1-2H3,(H,14,16). The minimum Gasteiger partial charge on any atom is -0.466 e. The normalized spacial score (nSPS) is 15.8. The molecule has 0 bridgehead atoms. The van der Waals surface area contributed by atoms with E-state index in [1.807, 2.05) is 0 Å². The van der Waals surface area contributed by atoms with E-state index >= 15 is 0 Å². The predicted octanol–water partition coefficient (Wildman–Crippen LogP) is -0.449. The van der Waals surface area contributed by atoms with Gasteiger partial charge in [-0.05, 0) is 19.8 Å². The van der Waals surface area contributed by atoms with Gasteiger partial charge in [0.25, 0.3) is 0 Å². The van der Waals surface area contributed by atoms with Crippen LogP contribution in [0.25, 0.3) is 0 Å². The summed E-state index contributed by atoms with van der Waals surface area (Å²) in [6.07, 6.45) is 1.08. The largest absolute Gasteiger partial charge is 0.466 e. The van der Waals surface area contributed by atoms with Crippen LogP contribution in [0.15, 0.2) is 0 Å². The van der Waals surface area contributed by atoms with Crippen LogP contribution in [0.5, 0.6) is 0 Å². The SMILES string of the molecule is CCOC(=O)C1CCN(C(=O)C(=O)NCCOC)CC1. The average molecular weight is 286 g/mol. The molecule has 114 valence electrons. The van der Waals surface area contributed by atoms with Gasteiger partial charge in [0.1, 0.15) is 0 Å². The van der Waals surface area contributed by atoms with Crippen LogP contribution in [0.2, 0.25) is 0 Å². The zero-order valence-corrected chi connectivity index (χ0v) is 12.0. The summed E-state index contributed by atoms with van der Waals surface area (Å²) in [5.41, 5.74) is 0. The molecule has 1 saturated heterocycles. The number of carbonyl (C=O) groups is 3. The molecule has 7 heteroatoms. The Morgan fingerprint density at radius 1 is 1.25 bits per heavy atom. The third kappa shape index (κ3) is 4.80. The summed E-state index contributed by atoms with van der Waals surface area (Å²) in [4.78, 5) is 36.5. The van der Waals surface area contributed by atoms with Crippen LogP contribution in [0.1, 0.15) is 19.8 Å². The smallest absolute Gasteiger partial charge is 0.311 e. The summed E-state index contributed by atoms with van der Waals surface area (Å²) >= 11 is 0. The number of likely N-dealkylation sites (tertiary alicyclic amines) is 1. The second kappa shape index (κ2) is 8.52. The Bertz CT molecular complexity index is 351. The minimum absolute atomic E-state index is 0.171. The number of nitrogens with zero attached hydrogens (tertiary/aromatic N) is 1. The highest BCUT2D eigenvalue weighted by atomic mass is 16.5. The Balaban J connectivity index is 2.35. The van der Waals surface area contributed by atoms with Gasteiger partial charge in [-0.2, -0.15) is 0 Å². The number of methoxy groups -OCH3 is 1. The molecule has 0 aromatic rings. The van der Waals surface area contributed by atoms with Crippen LogP contribution in [-0.2, 0) is 23.9 Å². The van der Waals surface area contributed by atoms with Crippen molar-refractivity contribution < 1.29 is 23.9 Å². The molecular weight excluding hydrogens is 264 g/mol.